The summed E-state index contributed by atoms with van der Waals surface area (Å²) in [5.41, 5.74) is 1.02. The van der Waals surface area contributed by atoms with Crippen molar-refractivity contribution in [1.29, 1.82) is 0 Å². The van der Waals surface area contributed by atoms with Gasteiger partial charge in [-0.1, -0.05) is 25.0 Å². The van der Waals surface area contributed by atoms with Crippen molar-refractivity contribution in [1.82, 2.24) is 5.32 Å². The number of hydrogen-bond donors (Lipinski definition) is 2. The van der Waals surface area contributed by atoms with Gasteiger partial charge < -0.3 is 19.9 Å². The Labute approximate surface area is 144 Å². The van der Waals surface area contributed by atoms with Crippen molar-refractivity contribution in [2.45, 2.75) is 70.6 Å². The summed E-state index contributed by atoms with van der Waals surface area (Å²) in [6, 6.07) is 7.82. The van der Waals surface area contributed by atoms with E-state index < -0.39 is 0 Å². The Bertz CT molecular complexity index is 579. The summed E-state index contributed by atoms with van der Waals surface area (Å²) in [6.45, 7) is 8.15. The van der Waals surface area contributed by atoms with Crippen molar-refractivity contribution in [3.63, 3.8) is 0 Å². The third kappa shape index (κ3) is 3.60. The molecule has 1 saturated heterocycles. The molecule has 1 heterocycles. The van der Waals surface area contributed by atoms with Gasteiger partial charge in [-0.3, -0.25) is 0 Å². The number of carbonyl (C=O) groups excluding carboxylic acids is 1. The van der Waals surface area contributed by atoms with Crippen molar-refractivity contribution in [2.24, 2.45) is 0 Å². The fourth-order valence-electron chi connectivity index (χ4n) is 3.13. The number of urea groups is 1. The minimum Gasteiger partial charge on any atom is -0.399 e. The Morgan fingerprint density at radius 1 is 1.04 bits per heavy atom. The van der Waals surface area contributed by atoms with Gasteiger partial charge in [0.1, 0.15) is 0 Å². The van der Waals surface area contributed by atoms with E-state index >= 15 is 0 Å². The molecule has 24 heavy (non-hydrogen) atoms. The summed E-state index contributed by atoms with van der Waals surface area (Å²) in [6.07, 6.45) is 4.56. The van der Waals surface area contributed by atoms with E-state index in [0.717, 1.165) is 24.0 Å². The largest absolute Gasteiger partial charge is 0.494 e. The Morgan fingerprint density at radius 2 is 1.58 bits per heavy atom. The van der Waals surface area contributed by atoms with Gasteiger partial charge in [-0.05, 0) is 58.1 Å². The molecule has 3 rings (SSSR count). The van der Waals surface area contributed by atoms with E-state index in [1.165, 1.54) is 12.8 Å². The number of hydrogen-bond acceptors (Lipinski definition) is 3. The monoisotopic (exact) mass is 330 g/mol. The zero-order valence-corrected chi connectivity index (χ0v) is 15.0. The number of anilines is 1. The lowest BCUT2D eigenvalue weighted by atomic mass is 9.79. The zero-order valence-electron chi connectivity index (χ0n) is 15.0. The maximum absolute atomic E-state index is 12.0. The van der Waals surface area contributed by atoms with Gasteiger partial charge in [0.2, 0.25) is 0 Å². The summed E-state index contributed by atoms with van der Waals surface area (Å²) < 4.78 is 12.1. The first-order chi connectivity index (χ1) is 11.3. The highest BCUT2D eigenvalue weighted by atomic mass is 16.7. The van der Waals surface area contributed by atoms with Crippen LogP contribution >= 0.6 is 0 Å². The topological polar surface area (TPSA) is 59.6 Å². The molecule has 2 amide bonds. The van der Waals surface area contributed by atoms with Crippen LogP contribution in [0.2, 0.25) is 0 Å². The van der Waals surface area contributed by atoms with Crippen LogP contribution in [0, 0.1) is 0 Å². The molecule has 0 unspecified atom stereocenters. The van der Waals surface area contributed by atoms with E-state index in [2.05, 4.69) is 10.6 Å². The van der Waals surface area contributed by atoms with Crippen LogP contribution in [0.1, 0.15) is 53.4 Å². The highest BCUT2D eigenvalue weighted by Crippen LogP contribution is 2.36. The number of nitrogens with one attached hydrogen (secondary N) is 2. The summed E-state index contributed by atoms with van der Waals surface area (Å²) in [5.74, 6) is 0. The third-order valence-corrected chi connectivity index (χ3v) is 5.38. The second-order valence-corrected chi connectivity index (χ2v) is 7.79. The van der Waals surface area contributed by atoms with Crippen LogP contribution in [0.5, 0.6) is 0 Å². The molecule has 0 spiro atoms. The molecule has 2 fully saturated rings. The van der Waals surface area contributed by atoms with Gasteiger partial charge in [0.05, 0.1) is 11.2 Å². The van der Waals surface area contributed by atoms with Gasteiger partial charge in [-0.15, -0.1) is 0 Å². The van der Waals surface area contributed by atoms with Crippen molar-refractivity contribution in [3.8, 4) is 0 Å². The van der Waals surface area contributed by atoms with Gasteiger partial charge in [-0.25, -0.2) is 4.79 Å². The molecule has 130 valence electrons. The molecule has 0 bridgehead atoms. The molecule has 1 aromatic carbocycles. The molecule has 1 aliphatic heterocycles. The molecule has 1 aromatic rings. The fraction of sp³-hybridized carbons (Fsp3) is 0.611. The Hall–Kier alpha value is -1.53. The average molecular weight is 330 g/mol. The maximum atomic E-state index is 12.0. The maximum Gasteiger partial charge on any atom is 0.494 e. The molecule has 6 heteroatoms. The van der Waals surface area contributed by atoms with Gasteiger partial charge in [-0.2, -0.15) is 0 Å². The number of carbonyl (C=O) groups is 1. The third-order valence-electron chi connectivity index (χ3n) is 5.38. The van der Waals surface area contributed by atoms with Crippen LogP contribution in [-0.2, 0) is 9.31 Å². The van der Waals surface area contributed by atoms with E-state index in [0.29, 0.717) is 6.04 Å². The molecule has 0 aromatic heterocycles. The summed E-state index contributed by atoms with van der Waals surface area (Å²) in [5, 5.41) is 5.91. The lowest BCUT2D eigenvalue weighted by molar-refractivity contribution is 0.00578. The first kappa shape index (κ1) is 17.3. The Balaban J connectivity index is 1.58. The minimum absolute atomic E-state index is 0.134. The van der Waals surface area contributed by atoms with E-state index in [-0.39, 0.29) is 24.4 Å². The van der Waals surface area contributed by atoms with Crippen LogP contribution < -0.4 is 16.1 Å². The van der Waals surface area contributed by atoms with E-state index in [1.54, 1.807) is 0 Å². The molecule has 2 aliphatic rings. The Kier molecular flexibility index (Phi) is 4.62. The first-order valence-corrected chi connectivity index (χ1v) is 8.80. The van der Waals surface area contributed by atoms with Crippen LogP contribution in [0.3, 0.4) is 0 Å². The predicted molar refractivity (Wildman–Crippen MR) is 96.6 cm³/mol. The molecular formula is C18H27BN2O3. The van der Waals surface area contributed by atoms with Gasteiger partial charge in [0, 0.05) is 11.7 Å². The SMILES string of the molecule is CC1(C)OB(c2ccc(NC(=O)NC3CCCC3)cc2)OC1(C)C. The molecule has 1 aliphatic carbocycles. The smallest absolute Gasteiger partial charge is 0.399 e. The fourth-order valence-corrected chi connectivity index (χ4v) is 3.13. The molecular weight excluding hydrogens is 303 g/mol. The Morgan fingerprint density at radius 3 is 2.12 bits per heavy atom. The second kappa shape index (κ2) is 6.41. The van der Waals surface area contributed by atoms with Crippen LogP contribution in [0.4, 0.5) is 10.5 Å². The lowest BCUT2D eigenvalue weighted by Crippen LogP contribution is -2.41. The molecule has 2 N–H and O–H groups in total. The van der Waals surface area contributed by atoms with Crippen molar-refractivity contribution in [3.05, 3.63) is 24.3 Å². The van der Waals surface area contributed by atoms with Crippen LogP contribution in [-0.4, -0.2) is 30.4 Å². The first-order valence-electron chi connectivity index (χ1n) is 8.80. The van der Waals surface area contributed by atoms with Gasteiger partial charge >= 0.3 is 13.1 Å². The van der Waals surface area contributed by atoms with E-state index in [9.17, 15) is 4.79 Å². The summed E-state index contributed by atoms with van der Waals surface area (Å²) >= 11 is 0. The highest BCUT2D eigenvalue weighted by molar-refractivity contribution is 6.62. The highest BCUT2D eigenvalue weighted by Gasteiger charge is 2.51. The zero-order chi connectivity index (χ0) is 17.4. The average Bonchev–Trinajstić information content (AvgIpc) is 3.06. The van der Waals surface area contributed by atoms with Crippen molar-refractivity contribution in [2.75, 3.05) is 5.32 Å². The molecule has 0 atom stereocenters. The van der Waals surface area contributed by atoms with Gasteiger partial charge in [0.15, 0.2) is 0 Å². The summed E-state index contributed by atoms with van der Waals surface area (Å²) in [7, 11) is -0.378. The number of rotatable bonds is 3. The molecule has 1 saturated carbocycles. The summed E-state index contributed by atoms with van der Waals surface area (Å²) in [4.78, 5) is 12.0. The minimum atomic E-state index is -0.378. The molecule has 5 nitrogen and oxygen atoms in total. The van der Waals surface area contributed by atoms with E-state index in [4.69, 9.17) is 9.31 Å². The quantitative estimate of drug-likeness (QED) is 0.838. The second-order valence-electron chi connectivity index (χ2n) is 7.79. The van der Waals surface area contributed by atoms with Crippen LogP contribution in [0.25, 0.3) is 0 Å². The van der Waals surface area contributed by atoms with Crippen LogP contribution in [0.15, 0.2) is 24.3 Å². The standard InChI is InChI=1S/C18H27BN2O3/c1-17(2)18(3,4)24-19(23-17)13-9-11-15(12-10-13)21-16(22)20-14-7-5-6-8-14/h9-12,14H,5-8H2,1-4H3,(H2,20,21,22). The normalized spacial score (nSPS) is 22.6. The van der Waals surface area contributed by atoms with Gasteiger partial charge in [0.25, 0.3) is 0 Å². The predicted octanol–water partition coefficient (Wildman–Crippen LogP) is 3.05. The van der Waals surface area contributed by atoms with E-state index in [1.807, 2.05) is 52.0 Å². The van der Waals surface area contributed by atoms with Crippen molar-refractivity contribution < 1.29 is 14.1 Å². The molecule has 0 radical (unpaired) electrons. The van der Waals surface area contributed by atoms with Crippen molar-refractivity contribution >= 4 is 24.3 Å². The number of benzene rings is 1. The lowest BCUT2D eigenvalue weighted by Gasteiger charge is -2.32. The number of amides is 2.